The third-order valence-corrected chi connectivity index (χ3v) is 4.06. The number of H-pyrrole nitrogens is 1. The van der Waals surface area contributed by atoms with Gasteiger partial charge in [-0.3, -0.25) is 0 Å². The molecule has 0 radical (unpaired) electrons. The van der Waals surface area contributed by atoms with Crippen LogP contribution in [-0.4, -0.2) is 24.7 Å². The molecule has 0 bridgehead atoms. The van der Waals surface area contributed by atoms with Crippen LogP contribution in [0.1, 0.15) is 11.1 Å². The number of aromatic nitrogens is 1. The molecule has 0 unspecified atom stereocenters. The van der Waals surface area contributed by atoms with E-state index in [0.29, 0.717) is 18.7 Å². The van der Waals surface area contributed by atoms with Crippen LogP contribution in [0.15, 0.2) is 48.7 Å². The van der Waals surface area contributed by atoms with Crippen LogP contribution in [0.4, 0.5) is 29.3 Å². The van der Waals surface area contributed by atoms with Crippen molar-refractivity contribution < 1.29 is 22.7 Å². The summed E-state index contributed by atoms with van der Waals surface area (Å²) >= 11 is 0. The summed E-state index contributed by atoms with van der Waals surface area (Å²) in [6, 6.07) is 9.30. The number of carbonyl (C=O) groups is 1. The number of nitrogens with one attached hydrogen (secondary N) is 3. The standard InChI is InChI=1S/C19H18F3N3O2/c1-27-9-7-12-10-15(11-17-16(12)6-8-23-17)25-18(26)24-14-4-2-13(3-5-14)19(20,21)22/h2-6,8,10-11,23H,7,9H2,1H3,(H2,24,25,26). The molecule has 1 heterocycles. The van der Waals surface area contributed by atoms with Crippen LogP contribution in [0.3, 0.4) is 0 Å². The second-order valence-corrected chi connectivity index (χ2v) is 5.97. The van der Waals surface area contributed by atoms with E-state index >= 15 is 0 Å². The zero-order valence-electron chi connectivity index (χ0n) is 14.5. The van der Waals surface area contributed by atoms with Crippen LogP contribution in [0.2, 0.25) is 0 Å². The Kier molecular flexibility index (Phi) is 5.36. The van der Waals surface area contributed by atoms with Crippen LogP contribution in [-0.2, 0) is 17.3 Å². The molecule has 8 heteroatoms. The minimum Gasteiger partial charge on any atom is -0.384 e. The van der Waals surface area contributed by atoms with E-state index in [1.165, 1.54) is 12.1 Å². The van der Waals surface area contributed by atoms with Gasteiger partial charge in [0.2, 0.25) is 0 Å². The first kappa shape index (κ1) is 18.8. The summed E-state index contributed by atoms with van der Waals surface area (Å²) in [5.74, 6) is 0. The fourth-order valence-electron chi connectivity index (χ4n) is 2.77. The summed E-state index contributed by atoms with van der Waals surface area (Å²) in [7, 11) is 1.62. The van der Waals surface area contributed by atoms with E-state index < -0.39 is 17.8 Å². The van der Waals surface area contributed by atoms with Crippen LogP contribution in [0, 0.1) is 0 Å². The predicted molar refractivity (Wildman–Crippen MR) is 98.0 cm³/mol. The molecule has 0 fully saturated rings. The number of ether oxygens (including phenoxy) is 1. The van der Waals surface area contributed by atoms with Crippen molar-refractivity contribution in [3.05, 3.63) is 59.8 Å². The number of rotatable bonds is 5. The summed E-state index contributed by atoms with van der Waals surface area (Å²) < 4.78 is 42.9. The number of hydrogen-bond acceptors (Lipinski definition) is 2. The van der Waals surface area contributed by atoms with E-state index in [4.69, 9.17) is 4.74 Å². The van der Waals surface area contributed by atoms with Gasteiger partial charge in [-0.1, -0.05) is 0 Å². The predicted octanol–water partition coefficient (Wildman–Crippen LogP) is 5.02. The van der Waals surface area contributed by atoms with Crippen molar-refractivity contribution in [1.82, 2.24) is 4.98 Å². The summed E-state index contributed by atoms with van der Waals surface area (Å²) in [6.07, 6.45) is -1.92. The van der Waals surface area contributed by atoms with Gasteiger partial charge in [-0.2, -0.15) is 13.2 Å². The molecule has 0 aliphatic carbocycles. The molecule has 1 aromatic heterocycles. The minimum absolute atomic E-state index is 0.265. The van der Waals surface area contributed by atoms with Crippen LogP contribution in [0.5, 0.6) is 0 Å². The Morgan fingerprint density at radius 3 is 2.44 bits per heavy atom. The monoisotopic (exact) mass is 377 g/mol. The molecular formula is C19H18F3N3O2. The summed E-state index contributed by atoms with van der Waals surface area (Å²) in [6.45, 7) is 0.543. The fourth-order valence-corrected chi connectivity index (χ4v) is 2.77. The van der Waals surface area contributed by atoms with Crippen molar-refractivity contribution in [2.45, 2.75) is 12.6 Å². The second-order valence-electron chi connectivity index (χ2n) is 5.97. The van der Waals surface area contributed by atoms with Gasteiger partial charge in [0.25, 0.3) is 0 Å². The van der Waals surface area contributed by atoms with Gasteiger partial charge in [0.1, 0.15) is 0 Å². The molecule has 0 aliphatic rings. The van der Waals surface area contributed by atoms with E-state index in [2.05, 4.69) is 15.6 Å². The topological polar surface area (TPSA) is 66.2 Å². The molecule has 5 nitrogen and oxygen atoms in total. The molecular weight excluding hydrogens is 359 g/mol. The fraction of sp³-hybridized carbons (Fsp3) is 0.211. The molecule has 3 N–H and O–H groups in total. The highest BCUT2D eigenvalue weighted by molar-refractivity contribution is 6.01. The smallest absolute Gasteiger partial charge is 0.384 e. The summed E-state index contributed by atoms with van der Waals surface area (Å²) in [4.78, 5) is 15.3. The lowest BCUT2D eigenvalue weighted by atomic mass is 10.1. The molecule has 0 aliphatic heterocycles. The lowest BCUT2D eigenvalue weighted by Gasteiger charge is -2.11. The number of anilines is 2. The van der Waals surface area contributed by atoms with Crippen molar-refractivity contribution in [1.29, 1.82) is 0 Å². The van der Waals surface area contributed by atoms with Gasteiger partial charge in [0.15, 0.2) is 0 Å². The largest absolute Gasteiger partial charge is 0.416 e. The summed E-state index contributed by atoms with van der Waals surface area (Å²) in [5.41, 5.74) is 1.95. The highest BCUT2D eigenvalue weighted by Gasteiger charge is 2.29. The zero-order valence-corrected chi connectivity index (χ0v) is 14.5. The third kappa shape index (κ3) is 4.59. The number of amides is 2. The van der Waals surface area contributed by atoms with Crippen molar-refractivity contribution in [3.8, 4) is 0 Å². The quantitative estimate of drug-likeness (QED) is 0.585. The zero-order chi connectivity index (χ0) is 19.4. The first-order valence-corrected chi connectivity index (χ1v) is 8.21. The van der Waals surface area contributed by atoms with Crippen LogP contribution < -0.4 is 10.6 Å². The Bertz CT molecular complexity index is 934. The number of methoxy groups -OCH3 is 1. The molecule has 3 aromatic rings. The van der Waals surface area contributed by atoms with Crippen molar-refractivity contribution in [2.24, 2.45) is 0 Å². The number of aromatic amines is 1. The van der Waals surface area contributed by atoms with Gasteiger partial charge in [0.05, 0.1) is 12.2 Å². The molecule has 0 atom stereocenters. The van der Waals surface area contributed by atoms with E-state index in [0.717, 1.165) is 28.6 Å². The molecule has 27 heavy (non-hydrogen) atoms. The molecule has 0 saturated carbocycles. The SMILES string of the molecule is COCCc1cc(NC(=O)Nc2ccc(C(F)(F)F)cc2)cc2[nH]ccc12. The maximum absolute atomic E-state index is 12.6. The van der Waals surface area contributed by atoms with Gasteiger partial charge in [-0.15, -0.1) is 0 Å². The Hall–Kier alpha value is -3.00. The number of urea groups is 1. The number of alkyl halides is 3. The molecule has 142 valence electrons. The van der Waals surface area contributed by atoms with Gasteiger partial charge in [0, 0.05) is 35.6 Å². The second kappa shape index (κ2) is 7.71. The maximum Gasteiger partial charge on any atom is 0.416 e. The molecule has 3 rings (SSSR count). The van der Waals surface area contributed by atoms with E-state index in [-0.39, 0.29) is 5.69 Å². The Labute approximate surface area is 153 Å². The lowest BCUT2D eigenvalue weighted by Crippen LogP contribution is -2.19. The Balaban J connectivity index is 1.72. The third-order valence-electron chi connectivity index (χ3n) is 4.06. The molecule has 0 spiro atoms. The molecule has 2 aromatic carbocycles. The summed E-state index contributed by atoms with van der Waals surface area (Å²) in [5, 5.41) is 6.26. The van der Waals surface area contributed by atoms with Crippen LogP contribution >= 0.6 is 0 Å². The van der Waals surface area contributed by atoms with Crippen molar-refractivity contribution >= 4 is 28.3 Å². The normalized spacial score (nSPS) is 11.6. The minimum atomic E-state index is -4.41. The van der Waals surface area contributed by atoms with Gasteiger partial charge >= 0.3 is 12.2 Å². The Morgan fingerprint density at radius 1 is 1.07 bits per heavy atom. The number of fused-ring (bicyclic) bond motifs is 1. The first-order valence-electron chi connectivity index (χ1n) is 8.21. The molecule has 0 saturated heterocycles. The van der Waals surface area contributed by atoms with E-state index in [1.54, 1.807) is 13.2 Å². The highest BCUT2D eigenvalue weighted by Crippen LogP contribution is 2.30. The van der Waals surface area contributed by atoms with Gasteiger partial charge in [-0.25, -0.2) is 4.79 Å². The molecule has 2 amide bonds. The number of benzene rings is 2. The van der Waals surface area contributed by atoms with Gasteiger partial charge in [-0.05, 0) is 54.4 Å². The average molecular weight is 377 g/mol. The number of hydrogen-bond donors (Lipinski definition) is 3. The maximum atomic E-state index is 12.6. The van der Waals surface area contributed by atoms with Crippen molar-refractivity contribution in [2.75, 3.05) is 24.4 Å². The van der Waals surface area contributed by atoms with Crippen molar-refractivity contribution in [3.63, 3.8) is 0 Å². The average Bonchev–Trinajstić information content (AvgIpc) is 3.08. The highest BCUT2D eigenvalue weighted by atomic mass is 19.4. The van der Waals surface area contributed by atoms with E-state index in [1.807, 2.05) is 18.3 Å². The van der Waals surface area contributed by atoms with E-state index in [9.17, 15) is 18.0 Å². The Morgan fingerprint density at radius 2 is 1.78 bits per heavy atom. The number of carbonyl (C=O) groups excluding carboxylic acids is 1. The first-order chi connectivity index (χ1) is 12.9. The number of halogens is 3. The lowest BCUT2D eigenvalue weighted by molar-refractivity contribution is -0.137. The van der Waals surface area contributed by atoms with Crippen LogP contribution in [0.25, 0.3) is 10.9 Å². The van der Waals surface area contributed by atoms with Gasteiger partial charge < -0.3 is 20.4 Å².